The summed E-state index contributed by atoms with van der Waals surface area (Å²) < 4.78 is 28.9. The minimum absolute atomic E-state index is 0. The first kappa shape index (κ1) is 30.8. The molecule has 1 aromatic heterocycles. The molecule has 2 aliphatic rings. The monoisotopic (exact) mass is 587 g/mol. The predicted molar refractivity (Wildman–Crippen MR) is 162 cm³/mol. The van der Waals surface area contributed by atoms with Crippen molar-refractivity contribution in [1.82, 2.24) is 14.7 Å². The molecule has 2 aromatic carbocycles. The Morgan fingerprint density at radius 3 is 2.39 bits per heavy atom. The highest BCUT2D eigenvalue weighted by atomic mass is 35.5. The number of anilines is 2. The van der Waals surface area contributed by atoms with Gasteiger partial charge >= 0.3 is 5.97 Å². The van der Waals surface area contributed by atoms with E-state index in [0.717, 1.165) is 68.7 Å². The van der Waals surface area contributed by atoms with Crippen LogP contribution in [0.5, 0.6) is 0 Å². The van der Waals surface area contributed by atoms with Gasteiger partial charge in [0, 0.05) is 67.8 Å². The summed E-state index contributed by atoms with van der Waals surface area (Å²) in [6, 6.07) is 14.0. The number of carboxylic acids is 1. The Balaban J connectivity index is 0.00000387. The van der Waals surface area contributed by atoms with Crippen LogP contribution in [0.25, 0.3) is 11.1 Å². The Morgan fingerprint density at radius 1 is 1.05 bits per heavy atom. The Bertz CT molecular complexity index is 1320. The number of nitrogens with zero attached hydrogens (tertiary/aromatic N) is 5. The standard InChI is InChI=1S/C30H36ClF2N5O2.CH4/c1-20(2)18-35-12-14-36(15-13-35)23-8-5-21(6-9-23)25-10-7-22(31)16-27(25)37-11-3-4-24(19-37)38-28(29(32)33)26(17-34-38)30(39)40;/h5-10,16-17,20,24,29H,3-4,11-15,18-19H2,1-2H3,(H,39,40);1H4. The number of piperazine rings is 1. The van der Waals surface area contributed by atoms with Gasteiger partial charge in [-0.05, 0) is 48.6 Å². The summed E-state index contributed by atoms with van der Waals surface area (Å²) in [5, 5.41) is 14.0. The number of piperidine rings is 1. The van der Waals surface area contributed by atoms with E-state index < -0.39 is 23.7 Å². The van der Waals surface area contributed by atoms with E-state index >= 15 is 0 Å². The molecule has 0 bridgehead atoms. The lowest BCUT2D eigenvalue weighted by atomic mass is 9.99. The molecule has 2 fully saturated rings. The zero-order valence-electron chi connectivity index (χ0n) is 22.9. The van der Waals surface area contributed by atoms with Gasteiger partial charge in [-0.1, -0.05) is 51.1 Å². The van der Waals surface area contributed by atoms with Gasteiger partial charge in [-0.3, -0.25) is 9.58 Å². The molecule has 0 radical (unpaired) electrons. The second-order valence-electron chi connectivity index (χ2n) is 11.1. The van der Waals surface area contributed by atoms with Crippen LogP contribution < -0.4 is 9.80 Å². The van der Waals surface area contributed by atoms with E-state index in [-0.39, 0.29) is 13.5 Å². The number of rotatable bonds is 8. The van der Waals surface area contributed by atoms with Crippen LogP contribution in [-0.4, -0.2) is 71.6 Å². The Morgan fingerprint density at radius 2 is 1.76 bits per heavy atom. The van der Waals surface area contributed by atoms with Crippen molar-refractivity contribution in [2.45, 2.75) is 46.6 Å². The molecule has 0 spiro atoms. The SMILES string of the molecule is C.CC(C)CN1CCN(c2ccc(-c3ccc(Cl)cc3N3CCCC(n4ncc(C(=O)O)c4C(F)F)C3)cc2)CC1. The van der Waals surface area contributed by atoms with E-state index in [9.17, 15) is 18.7 Å². The third-order valence-corrected chi connectivity index (χ3v) is 8.09. The summed E-state index contributed by atoms with van der Waals surface area (Å²) in [4.78, 5) is 18.6. The van der Waals surface area contributed by atoms with Crippen molar-refractivity contribution in [3.05, 3.63) is 64.9 Å². The van der Waals surface area contributed by atoms with Crippen molar-refractivity contribution in [3.63, 3.8) is 0 Å². The van der Waals surface area contributed by atoms with Gasteiger partial charge in [-0.25, -0.2) is 13.6 Å². The number of aromatic carboxylic acids is 1. The lowest BCUT2D eigenvalue weighted by Crippen LogP contribution is -2.47. The van der Waals surface area contributed by atoms with Gasteiger partial charge in [-0.15, -0.1) is 0 Å². The van der Waals surface area contributed by atoms with Crippen molar-refractivity contribution in [2.75, 3.05) is 55.6 Å². The average molecular weight is 588 g/mol. The number of aromatic nitrogens is 2. The maximum Gasteiger partial charge on any atom is 0.339 e. The van der Waals surface area contributed by atoms with Gasteiger partial charge in [-0.2, -0.15) is 5.10 Å². The summed E-state index contributed by atoms with van der Waals surface area (Å²) in [5.41, 5.74) is 3.21. The number of halogens is 3. The van der Waals surface area contributed by atoms with Crippen molar-refractivity contribution in [1.29, 1.82) is 0 Å². The molecule has 10 heteroatoms. The third-order valence-electron chi connectivity index (χ3n) is 7.85. The van der Waals surface area contributed by atoms with Gasteiger partial charge in [0.05, 0.1) is 12.2 Å². The first-order chi connectivity index (χ1) is 19.2. The highest BCUT2D eigenvalue weighted by Gasteiger charge is 2.31. The second kappa shape index (κ2) is 13.2. The van der Waals surface area contributed by atoms with Crippen LogP contribution in [0.1, 0.15) is 62.6 Å². The van der Waals surface area contributed by atoms with Gasteiger partial charge in [0.1, 0.15) is 11.3 Å². The first-order valence-electron chi connectivity index (χ1n) is 13.9. The molecule has 1 atom stereocenters. The van der Waals surface area contributed by atoms with Crippen LogP contribution >= 0.6 is 11.6 Å². The highest BCUT2D eigenvalue weighted by molar-refractivity contribution is 6.31. The quantitative estimate of drug-likeness (QED) is 0.303. The summed E-state index contributed by atoms with van der Waals surface area (Å²) in [6.45, 7) is 10.9. The summed E-state index contributed by atoms with van der Waals surface area (Å²) in [5.74, 6) is -0.727. The molecule has 3 aromatic rings. The topological polar surface area (TPSA) is 64.8 Å². The third kappa shape index (κ3) is 6.84. The fourth-order valence-electron chi connectivity index (χ4n) is 5.99. The highest BCUT2D eigenvalue weighted by Crippen LogP contribution is 2.38. The molecule has 0 amide bonds. The molecule has 0 saturated carbocycles. The van der Waals surface area contributed by atoms with Crippen LogP contribution in [0, 0.1) is 5.92 Å². The average Bonchev–Trinajstić information content (AvgIpc) is 3.40. The second-order valence-corrected chi connectivity index (χ2v) is 11.6. The lowest BCUT2D eigenvalue weighted by molar-refractivity contribution is 0.0681. The van der Waals surface area contributed by atoms with Gasteiger partial charge in [0.2, 0.25) is 0 Å². The van der Waals surface area contributed by atoms with Crippen molar-refractivity contribution in [3.8, 4) is 11.1 Å². The molecule has 3 heterocycles. The van der Waals surface area contributed by atoms with E-state index in [1.165, 1.54) is 10.4 Å². The van der Waals surface area contributed by atoms with Gasteiger partial charge < -0.3 is 14.9 Å². The predicted octanol–water partition coefficient (Wildman–Crippen LogP) is 7.09. The molecular formula is C31H40ClF2N5O2. The summed E-state index contributed by atoms with van der Waals surface area (Å²) in [7, 11) is 0. The number of benzene rings is 2. The van der Waals surface area contributed by atoms with Crippen molar-refractivity contribution >= 4 is 28.9 Å². The van der Waals surface area contributed by atoms with Crippen molar-refractivity contribution in [2.24, 2.45) is 5.92 Å². The van der Waals surface area contributed by atoms with Crippen LogP contribution in [0.15, 0.2) is 48.7 Å². The van der Waals surface area contributed by atoms with E-state index in [0.29, 0.717) is 23.9 Å². The molecule has 2 aliphatic heterocycles. The molecular weight excluding hydrogens is 548 g/mol. The largest absolute Gasteiger partial charge is 0.478 e. The van der Waals surface area contributed by atoms with Crippen LogP contribution in [-0.2, 0) is 0 Å². The molecule has 7 nitrogen and oxygen atoms in total. The zero-order chi connectivity index (χ0) is 28.4. The number of hydrogen-bond donors (Lipinski definition) is 1. The molecule has 5 rings (SSSR count). The van der Waals surface area contributed by atoms with Crippen LogP contribution in [0.2, 0.25) is 5.02 Å². The van der Waals surface area contributed by atoms with Crippen LogP contribution in [0.3, 0.4) is 0 Å². The maximum atomic E-state index is 13.9. The molecule has 0 aliphatic carbocycles. The molecule has 1 unspecified atom stereocenters. The maximum absolute atomic E-state index is 13.9. The number of carboxylic acid groups (broad SMARTS) is 1. The van der Waals surface area contributed by atoms with Crippen molar-refractivity contribution < 1.29 is 18.7 Å². The first-order valence-corrected chi connectivity index (χ1v) is 14.3. The Labute approximate surface area is 246 Å². The van der Waals surface area contributed by atoms with E-state index in [1.807, 2.05) is 18.2 Å². The van der Waals surface area contributed by atoms with Gasteiger partial charge in [0.25, 0.3) is 6.43 Å². The Hall–Kier alpha value is -3.17. The summed E-state index contributed by atoms with van der Waals surface area (Å²) >= 11 is 6.43. The fraction of sp³-hybridized carbons (Fsp3) is 0.484. The fourth-order valence-corrected chi connectivity index (χ4v) is 6.15. The number of hydrogen-bond acceptors (Lipinski definition) is 5. The smallest absolute Gasteiger partial charge is 0.339 e. The normalized spacial score (nSPS) is 18.2. The Kier molecular flexibility index (Phi) is 9.92. The number of carbonyl (C=O) groups is 1. The minimum Gasteiger partial charge on any atom is -0.478 e. The minimum atomic E-state index is -2.93. The van der Waals surface area contributed by atoms with E-state index in [1.54, 1.807) is 0 Å². The van der Waals surface area contributed by atoms with E-state index in [2.05, 4.69) is 57.9 Å². The molecule has 222 valence electrons. The zero-order valence-corrected chi connectivity index (χ0v) is 23.7. The van der Waals surface area contributed by atoms with Crippen LogP contribution in [0.4, 0.5) is 20.2 Å². The number of alkyl halides is 2. The molecule has 41 heavy (non-hydrogen) atoms. The lowest BCUT2D eigenvalue weighted by Gasteiger charge is -2.37. The van der Waals surface area contributed by atoms with E-state index in [4.69, 9.17) is 11.6 Å². The summed E-state index contributed by atoms with van der Waals surface area (Å²) in [6.07, 6.45) is -0.517. The van der Waals surface area contributed by atoms with Gasteiger partial charge in [0.15, 0.2) is 0 Å². The molecule has 2 saturated heterocycles. The molecule has 1 N–H and O–H groups in total.